The van der Waals surface area contributed by atoms with Gasteiger partial charge in [0.2, 0.25) is 0 Å². The normalized spacial score (nSPS) is 12.4. The number of H-pyrrole nitrogens is 1. The molecule has 0 fully saturated rings. The SMILES string of the molecule is COc1cc(/C=C/c2nnc(C(C)c3ccccc3)[nH]2)ccc1-n1cnc(C)c1. The number of aromatic nitrogens is 5. The predicted molar refractivity (Wildman–Crippen MR) is 114 cm³/mol. The number of aryl methyl sites for hydroxylation is 1. The summed E-state index contributed by atoms with van der Waals surface area (Å²) in [6.45, 7) is 4.08. The minimum atomic E-state index is 0.156. The third-order valence-corrected chi connectivity index (χ3v) is 4.86. The predicted octanol–water partition coefficient (Wildman–Crippen LogP) is 4.63. The van der Waals surface area contributed by atoms with E-state index in [0.717, 1.165) is 34.3 Å². The zero-order chi connectivity index (χ0) is 20.2. The Morgan fingerprint density at radius 2 is 1.90 bits per heavy atom. The van der Waals surface area contributed by atoms with Crippen LogP contribution in [-0.2, 0) is 0 Å². The maximum Gasteiger partial charge on any atom is 0.154 e. The Kier molecular flexibility index (Phi) is 5.24. The summed E-state index contributed by atoms with van der Waals surface area (Å²) in [5.74, 6) is 2.50. The van der Waals surface area contributed by atoms with Crippen LogP contribution in [0.5, 0.6) is 5.75 Å². The monoisotopic (exact) mass is 385 g/mol. The Bertz CT molecular complexity index is 1130. The molecule has 6 nitrogen and oxygen atoms in total. The van der Waals surface area contributed by atoms with Gasteiger partial charge in [0.15, 0.2) is 5.82 Å². The first-order valence-corrected chi connectivity index (χ1v) is 9.48. The Morgan fingerprint density at radius 1 is 1.07 bits per heavy atom. The number of methoxy groups -OCH3 is 1. The Morgan fingerprint density at radius 3 is 2.62 bits per heavy atom. The molecule has 4 aromatic rings. The summed E-state index contributed by atoms with van der Waals surface area (Å²) in [6.07, 6.45) is 7.66. The maximum atomic E-state index is 5.57. The van der Waals surface area contributed by atoms with E-state index < -0.39 is 0 Å². The first-order valence-electron chi connectivity index (χ1n) is 9.48. The number of hydrogen-bond acceptors (Lipinski definition) is 4. The van der Waals surface area contributed by atoms with Gasteiger partial charge in [-0.15, -0.1) is 10.2 Å². The number of benzene rings is 2. The second kappa shape index (κ2) is 8.14. The minimum absolute atomic E-state index is 0.156. The van der Waals surface area contributed by atoms with Crippen LogP contribution >= 0.6 is 0 Å². The number of ether oxygens (including phenoxy) is 1. The summed E-state index contributed by atoms with van der Waals surface area (Å²) >= 11 is 0. The van der Waals surface area contributed by atoms with Gasteiger partial charge in [0.1, 0.15) is 11.6 Å². The van der Waals surface area contributed by atoms with Gasteiger partial charge in [0.05, 0.1) is 24.8 Å². The fourth-order valence-electron chi connectivity index (χ4n) is 3.20. The van der Waals surface area contributed by atoms with Crippen LogP contribution in [0.2, 0.25) is 0 Å². The van der Waals surface area contributed by atoms with Gasteiger partial charge in [-0.25, -0.2) is 4.98 Å². The van der Waals surface area contributed by atoms with E-state index >= 15 is 0 Å². The molecule has 6 heteroatoms. The number of hydrogen-bond donors (Lipinski definition) is 1. The number of rotatable bonds is 6. The number of nitrogens with one attached hydrogen (secondary N) is 1. The molecule has 0 radical (unpaired) electrons. The average Bonchev–Trinajstić information content (AvgIpc) is 3.41. The van der Waals surface area contributed by atoms with E-state index in [2.05, 4.69) is 39.2 Å². The average molecular weight is 385 g/mol. The highest BCUT2D eigenvalue weighted by Gasteiger charge is 2.12. The highest BCUT2D eigenvalue weighted by Crippen LogP contribution is 2.25. The van der Waals surface area contributed by atoms with Gasteiger partial charge in [-0.2, -0.15) is 0 Å². The molecule has 0 aliphatic rings. The summed E-state index contributed by atoms with van der Waals surface area (Å²) in [5, 5.41) is 8.56. The summed E-state index contributed by atoms with van der Waals surface area (Å²) < 4.78 is 7.52. The lowest BCUT2D eigenvalue weighted by atomic mass is 10.0. The third kappa shape index (κ3) is 4.11. The fourth-order valence-corrected chi connectivity index (χ4v) is 3.20. The molecule has 146 valence electrons. The maximum absolute atomic E-state index is 5.57. The summed E-state index contributed by atoms with van der Waals surface area (Å²) in [6, 6.07) is 16.3. The Balaban J connectivity index is 1.53. The van der Waals surface area contributed by atoms with E-state index in [0.29, 0.717) is 0 Å². The van der Waals surface area contributed by atoms with Crippen molar-refractivity contribution in [2.24, 2.45) is 0 Å². The second-order valence-corrected chi connectivity index (χ2v) is 6.91. The lowest BCUT2D eigenvalue weighted by Crippen LogP contribution is -1.98. The van der Waals surface area contributed by atoms with Gasteiger partial charge in [0, 0.05) is 12.1 Å². The van der Waals surface area contributed by atoms with E-state index in [1.807, 2.05) is 66.2 Å². The van der Waals surface area contributed by atoms with Gasteiger partial charge >= 0.3 is 0 Å². The molecule has 1 atom stereocenters. The van der Waals surface area contributed by atoms with Crippen LogP contribution in [0.4, 0.5) is 0 Å². The molecule has 1 unspecified atom stereocenters. The lowest BCUT2D eigenvalue weighted by Gasteiger charge is -2.09. The number of nitrogens with zero attached hydrogens (tertiary/aromatic N) is 4. The van der Waals surface area contributed by atoms with Crippen molar-refractivity contribution >= 4 is 12.2 Å². The molecule has 0 amide bonds. The van der Waals surface area contributed by atoms with Crippen molar-refractivity contribution in [1.29, 1.82) is 0 Å². The molecule has 0 saturated carbocycles. The van der Waals surface area contributed by atoms with E-state index in [-0.39, 0.29) is 5.92 Å². The Hall–Kier alpha value is -3.67. The van der Waals surface area contributed by atoms with Crippen LogP contribution in [0.25, 0.3) is 17.8 Å². The van der Waals surface area contributed by atoms with Crippen LogP contribution in [0, 0.1) is 6.92 Å². The summed E-state index contributed by atoms with van der Waals surface area (Å²) in [5.41, 5.74) is 4.12. The molecule has 0 bridgehead atoms. The number of aromatic amines is 1. The van der Waals surface area contributed by atoms with Crippen LogP contribution in [0.3, 0.4) is 0 Å². The smallest absolute Gasteiger partial charge is 0.154 e. The van der Waals surface area contributed by atoms with E-state index in [4.69, 9.17) is 4.74 Å². The van der Waals surface area contributed by atoms with Gasteiger partial charge < -0.3 is 14.3 Å². The van der Waals surface area contributed by atoms with Crippen molar-refractivity contribution in [3.05, 3.63) is 89.5 Å². The summed E-state index contributed by atoms with van der Waals surface area (Å²) in [7, 11) is 1.67. The first kappa shape index (κ1) is 18.7. The second-order valence-electron chi connectivity index (χ2n) is 6.91. The molecule has 0 aliphatic carbocycles. The molecule has 2 aromatic carbocycles. The Labute approximate surface area is 169 Å². The number of imidazole rings is 1. The molecule has 4 rings (SSSR count). The van der Waals surface area contributed by atoms with Crippen LogP contribution < -0.4 is 4.74 Å². The topological polar surface area (TPSA) is 68.6 Å². The fraction of sp³-hybridized carbons (Fsp3) is 0.174. The summed E-state index contributed by atoms with van der Waals surface area (Å²) in [4.78, 5) is 7.58. The van der Waals surface area contributed by atoms with Crippen molar-refractivity contribution in [1.82, 2.24) is 24.7 Å². The zero-order valence-corrected chi connectivity index (χ0v) is 16.7. The first-order chi connectivity index (χ1) is 14.1. The third-order valence-electron chi connectivity index (χ3n) is 4.86. The van der Waals surface area contributed by atoms with Crippen molar-refractivity contribution in [2.75, 3.05) is 7.11 Å². The molecule has 0 aliphatic heterocycles. The highest BCUT2D eigenvalue weighted by atomic mass is 16.5. The van der Waals surface area contributed by atoms with Gasteiger partial charge in [0.25, 0.3) is 0 Å². The molecular weight excluding hydrogens is 362 g/mol. The van der Waals surface area contributed by atoms with E-state index in [1.54, 1.807) is 13.4 Å². The van der Waals surface area contributed by atoms with Crippen LogP contribution in [0.15, 0.2) is 61.1 Å². The minimum Gasteiger partial charge on any atom is -0.495 e. The van der Waals surface area contributed by atoms with Crippen molar-refractivity contribution in [2.45, 2.75) is 19.8 Å². The van der Waals surface area contributed by atoms with Gasteiger partial charge in [-0.05, 0) is 36.3 Å². The molecule has 0 spiro atoms. The van der Waals surface area contributed by atoms with Gasteiger partial charge in [-0.3, -0.25) is 0 Å². The van der Waals surface area contributed by atoms with Crippen molar-refractivity contribution < 1.29 is 4.74 Å². The molecule has 0 saturated heterocycles. The van der Waals surface area contributed by atoms with E-state index in [9.17, 15) is 0 Å². The zero-order valence-electron chi connectivity index (χ0n) is 16.7. The molecule has 2 heterocycles. The standard InChI is InChI=1S/C23H23N5O/c1-16-14-28(15-24-16)20-11-9-18(13-21(20)29-3)10-12-22-25-23(27-26-22)17(2)19-7-5-4-6-8-19/h4-15,17H,1-3H3,(H,25,26,27)/b12-10+. The lowest BCUT2D eigenvalue weighted by molar-refractivity contribution is 0.413. The molecule has 2 aromatic heterocycles. The molecular formula is C23H23N5O. The quantitative estimate of drug-likeness (QED) is 0.525. The van der Waals surface area contributed by atoms with Crippen LogP contribution in [-0.4, -0.2) is 31.8 Å². The highest BCUT2D eigenvalue weighted by molar-refractivity contribution is 5.69. The van der Waals surface area contributed by atoms with Crippen molar-refractivity contribution in [3.8, 4) is 11.4 Å². The largest absolute Gasteiger partial charge is 0.495 e. The van der Waals surface area contributed by atoms with Gasteiger partial charge in [-0.1, -0.05) is 49.4 Å². The molecule has 1 N–H and O–H groups in total. The van der Waals surface area contributed by atoms with Crippen LogP contribution in [0.1, 0.15) is 41.3 Å². The van der Waals surface area contributed by atoms with E-state index in [1.165, 1.54) is 5.56 Å². The van der Waals surface area contributed by atoms with Crippen molar-refractivity contribution in [3.63, 3.8) is 0 Å². The molecule has 29 heavy (non-hydrogen) atoms.